The molecule has 0 unspecified atom stereocenters. The van der Waals surface area contributed by atoms with Crippen LogP contribution in [0.2, 0.25) is 0 Å². The fourth-order valence-electron chi connectivity index (χ4n) is 1.37. The Morgan fingerprint density at radius 3 is 2.67 bits per heavy atom. The van der Waals surface area contributed by atoms with Gasteiger partial charge < -0.3 is 0 Å². The Hall–Kier alpha value is -1.86. The number of nitrogens with one attached hydrogen (secondary N) is 1. The predicted octanol–water partition coefficient (Wildman–Crippen LogP) is 1.09. The van der Waals surface area contributed by atoms with Gasteiger partial charge in [-0.25, -0.2) is 4.68 Å². The molecule has 1 N–H and O–H groups in total. The molecule has 0 radical (unpaired) electrons. The minimum Gasteiger partial charge on any atom is -0.271 e. The average molecular weight is 266 g/mol. The van der Waals surface area contributed by atoms with Gasteiger partial charge in [0.25, 0.3) is 0 Å². The highest BCUT2D eigenvalue weighted by Gasteiger charge is 2.12. The lowest BCUT2D eigenvalue weighted by Crippen LogP contribution is -2.28. The van der Waals surface area contributed by atoms with Crippen molar-refractivity contribution in [3.05, 3.63) is 42.7 Å². The van der Waals surface area contributed by atoms with Crippen molar-refractivity contribution < 1.29 is 8.42 Å². The zero-order chi connectivity index (χ0) is 13.2. The van der Waals surface area contributed by atoms with Crippen LogP contribution in [0.5, 0.6) is 0 Å². The minimum atomic E-state index is -3.48. The number of aromatic nitrogens is 2. The molecule has 96 valence electrons. The van der Waals surface area contributed by atoms with E-state index in [1.54, 1.807) is 41.3 Å². The normalized spacial score (nSPS) is 11.7. The molecule has 0 aliphatic rings. The Morgan fingerprint density at radius 1 is 1.28 bits per heavy atom. The molecule has 0 amide bonds. The van der Waals surface area contributed by atoms with E-state index in [1.165, 1.54) is 14.1 Å². The lowest BCUT2D eigenvalue weighted by molar-refractivity contribution is 0.527. The van der Waals surface area contributed by atoms with Gasteiger partial charge in [-0.1, -0.05) is 6.07 Å². The lowest BCUT2D eigenvalue weighted by Gasteiger charge is -2.13. The lowest BCUT2D eigenvalue weighted by atomic mass is 10.3. The summed E-state index contributed by atoms with van der Waals surface area (Å²) in [7, 11) is -0.539. The van der Waals surface area contributed by atoms with Crippen molar-refractivity contribution in [2.75, 3.05) is 18.8 Å². The van der Waals surface area contributed by atoms with Crippen LogP contribution >= 0.6 is 0 Å². The van der Waals surface area contributed by atoms with Gasteiger partial charge in [-0.2, -0.15) is 17.8 Å². The van der Waals surface area contributed by atoms with Crippen molar-refractivity contribution in [1.29, 1.82) is 0 Å². The maximum Gasteiger partial charge on any atom is 0.301 e. The number of rotatable bonds is 4. The first-order chi connectivity index (χ1) is 8.49. The molecule has 6 nitrogen and oxygen atoms in total. The van der Waals surface area contributed by atoms with Crippen molar-refractivity contribution in [2.45, 2.75) is 0 Å². The molecule has 0 saturated heterocycles. The summed E-state index contributed by atoms with van der Waals surface area (Å²) < 4.78 is 28.6. The second kappa shape index (κ2) is 4.79. The molecule has 1 heterocycles. The van der Waals surface area contributed by atoms with Crippen LogP contribution in [0.3, 0.4) is 0 Å². The molecule has 1 aromatic heterocycles. The van der Waals surface area contributed by atoms with Crippen LogP contribution < -0.4 is 4.72 Å². The van der Waals surface area contributed by atoms with Gasteiger partial charge in [0, 0.05) is 26.5 Å². The summed E-state index contributed by atoms with van der Waals surface area (Å²) in [5.41, 5.74) is 1.29. The molecule has 0 aliphatic heterocycles. The van der Waals surface area contributed by atoms with Crippen LogP contribution in [0, 0.1) is 0 Å². The van der Waals surface area contributed by atoms with Crippen molar-refractivity contribution >= 4 is 15.9 Å². The first kappa shape index (κ1) is 12.6. The Labute approximate surface area is 106 Å². The molecule has 0 aliphatic carbocycles. The summed E-state index contributed by atoms with van der Waals surface area (Å²) in [6.07, 6.45) is 3.45. The van der Waals surface area contributed by atoms with Gasteiger partial charge in [0.2, 0.25) is 0 Å². The molecule has 2 aromatic rings. The van der Waals surface area contributed by atoms with E-state index in [4.69, 9.17) is 0 Å². The van der Waals surface area contributed by atoms with Crippen molar-refractivity contribution in [3.8, 4) is 5.69 Å². The van der Waals surface area contributed by atoms with Gasteiger partial charge in [0.05, 0.1) is 11.4 Å². The third-order valence-electron chi connectivity index (χ3n) is 2.34. The van der Waals surface area contributed by atoms with E-state index < -0.39 is 10.2 Å². The van der Waals surface area contributed by atoms with E-state index >= 15 is 0 Å². The second-order valence-corrected chi connectivity index (χ2v) is 5.78. The van der Waals surface area contributed by atoms with E-state index in [0.29, 0.717) is 5.69 Å². The van der Waals surface area contributed by atoms with Gasteiger partial charge in [0.1, 0.15) is 0 Å². The molecule has 0 bridgehead atoms. The second-order valence-electron chi connectivity index (χ2n) is 3.89. The fraction of sp³-hybridized carbons (Fsp3) is 0.182. The SMILES string of the molecule is CN(C)S(=O)(=O)Nc1cccc(-n2cccn2)c1. The van der Waals surface area contributed by atoms with Crippen LogP contribution in [-0.4, -0.2) is 36.6 Å². The smallest absolute Gasteiger partial charge is 0.271 e. The largest absolute Gasteiger partial charge is 0.301 e. The van der Waals surface area contributed by atoms with Crippen LogP contribution in [0.1, 0.15) is 0 Å². The van der Waals surface area contributed by atoms with Crippen molar-refractivity contribution in [3.63, 3.8) is 0 Å². The number of benzene rings is 1. The zero-order valence-electron chi connectivity index (χ0n) is 10.1. The highest BCUT2D eigenvalue weighted by molar-refractivity contribution is 7.90. The average Bonchev–Trinajstić information content (AvgIpc) is 2.82. The summed E-state index contributed by atoms with van der Waals surface area (Å²) in [5, 5.41) is 4.09. The number of hydrogen-bond acceptors (Lipinski definition) is 3. The summed E-state index contributed by atoms with van der Waals surface area (Å²) in [6.45, 7) is 0. The Morgan fingerprint density at radius 2 is 2.06 bits per heavy atom. The van der Waals surface area contributed by atoms with Gasteiger partial charge in [-0.15, -0.1) is 0 Å². The third-order valence-corrected chi connectivity index (χ3v) is 3.80. The molecule has 7 heteroatoms. The Bertz CT molecular complexity index is 620. The summed E-state index contributed by atoms with van der Waals surface area (Å²) in [5.74, 6) is 0. The van der Waals surface area contributed by atoms with E-state index in [-0.39, 0.29) is 0 Å². The molecular formula is C11H14N4O2S. The van der Waals surface area contributed by atoms with E-state index in [1.807, 2.05) is 6.07 Å². The third kappa shape index (κ3) is 2.69. The zero-order valence-corrected chi connectivity index (χ0v) is 10.9. The Balaban J connectivity index is 2.29. The first-order valence-corrected chi connectivity index (χ1v) is 6.73. The number of nitrogens with zero attached hydrogens (tertiary/aromatic N) is 3. The maximum atomic E-state index is 11.7. The van der Waals surface area contributed by atoms with Crippen molar-refractivity contribution in [2.24, 2.45) is 0 Å². The molecule has 0 fully saturated rings. The van der Waals surface area contributed by atoms with Gasteiger partial charge in [0.15, 0.2) is 0 Å². The van der Waals surface area contributed by atoms with Crippen LogP contribution in [-0.2, 0) is 10.2 Å². The highest BCUT2D eigenvalue weighted by Crippen LogP contribution is 2.15. The van der Waals surface area contributed by atoms with Gasteiger partial charge >= 0.3 is 10.2 Å². The quantitative estimate of drug-likeness (QED) is 0.900. The molecule has 1 aromatic carbocycles. The predicted molar refractivity (Wildman–Crippen MR) is 69.8 cm³/mol. The van der Waals surface area contributed by atoms with E-state index in [9.17, 15) is 8.42 Å². The Kier molecular flexibility index (Phi) is 3.35. The molecule has 0 atom stereocenters. The van der Waals surface area contributed by atoms with E-state index in [0.717, 1.165) is 9.99 Å². The van der Waals surface area contributed by atoms with E-state index in [2.05, 4.69) is 9.82 Å². The minimum absolute atomic E-state index is 0.497. The maximum absolute atomic E-state index is 11.7. The van der Waals surface area contributed by atoms with Crippen molar-refractivity contribution in [1.82, 2.24) is 14.1 Å². The van der Waals surface area contributed by atoms with Crippen LogP contribution in [0.4, 0.5) is 5.69 Å². The molecule has 0 spiro atoms. The number of anilines is 1. The highest BCUT2D eigenvalue weighted by atomic mass is 32.2. The summed E-state index contributed by atoms with van der Waals surface area (Å²) in [4.78, 5) is 0. The van der Waals surface area contributed by atoms with Gasteiger partial charge in [-0.05, 0) is 24.3 Å². The topological polar surface area (TPSA) is 67.2 Å². The summed E-state index contributed by atoms with van der Waals surface area (Å²) in [6, 6.07) is 8.82. The molecule has 0 saturated carbocycles. The number of hydrogen-bond donors (Lipinski definition) is 1. The van der Waals surface area contributed by atoms with Crippen LogP contribution in [0.15, 0.2) is 42.7 Å². The first-order valence-electron chi connectivity index (χ1n) is 5.29. The molecule has 2 rings (SSSR count). The van der Waals surface area contributed by atoms with Gasteiger partial charge in [-0.3, -0.25) is 4.72 Å². The monoisotopic (exact) mass is 266 g/mol. The fourth-order valence-corrected chi connectivity index (χ4v) is 1.98. The summed E-state index contributed by atoms with van der Waals surface area (Å²) >= 11 is 0. The van der Waals surface area contributed by atoms with Crippen LogP contribution in [0.25, 0.3) is 5.69 Å². The standard InChI is InChI=1S/C11H14N4O2S/c1-14(2)18(16,17)13-10-5-3-6-11(9-10)15-8-4-7-12-15/h3-9,13H,1-2H3. The molecular weight excluding hydrogens is 252 g/mol. The molecule has 18 heavy (non-hydrogen) atoms.